The highest BCUT2D eigenvalue weighted by molar-refractivity contribution is 5.03. The molecule has 0 bridgehead atoms. The molecule has 1 heterocycles. The smallest absolute Gasteiger partial charge is 0.0521 e. The minimum atomic E-state index is 1.04. The third-order valence-electron chi connectivity index (χ3n) is 2.46. The van der Waals surface area contributed by atoms with Gasteiger partial charge in [0.1, 0.15) is 0 Å². The van der Waals surface area contributed by atoms with Crippen molar-refractivity contribution in [3.63, 3.8) is 0 Å². The molecule has 0 saturated carbocycles. The van der Waals surface area contributed by atoms with Crippen LogP contribution in [0.5, 0.6) is 0 Å². The Bertz CT molecular complexity index is 255. The molecule has 0 unspecified atom stereocenters. The first-order valence-electron chi connectivity index (χ1n) is 6.08. The lowest BCUT2D eigenvalue weighted by atomic mass is 10.1. The summed E-state index contributed by atoms with van der Waals surface area (Å²) in [7, 11) is 0. The number of nitrogens with zero attached hydrogens (tertiary/aromatic N) is 2. The molecule has 1 aromatic rings. The van der Waals surface area contributed by atoms with Crippen molar-refractivity contribution in [3.05, 3.63) is 18.0 Å². The van der Waals surface area contributed by atoms with Gasteiger partial charge in [-0.25, -0.2) is 0 Å². The summed E-state index contributed by atoms with van der Waals surface area (Å²) < 4.78 is 2.04. The molecular weight excluding hydrogens is 186 g/mol. The van der Waals surface area contributed by atoms with Crippen LogP contribution < -0.4 is 5.32 Å². The van der Waals surface area contributed by atoms with E-state index in [1.807, 2.05) is 10.9 Å². The third-order valence-corrected chi connectivity index (χ3v) is 2.46. The number of hydrogen-bond acceptors (Lipinski definition) is 2. The zero-order valence-electron chi connectivity index (χ0n) is 10.00. The molecule has 0 aromatic carbocycles. The third kappa shape index (κ3) is 4.98. The first kappa shape index (κ1) is 12.2. The Kier molecular flexibility index (Phi) is 6.09. The normalized spacial score (nSPS) is 10.8. The zero-order valence-corrected chi connectivity index (χ0v) is 10.00. The number of hydrogen-bond donors (Lipinski definition) is 1. The Hall–Kier alpha value is -0.830. The molecule has 3 nitrogen and oxygen atoms in total. The second-order valence-corrected chi connectivity index (χ2v) is 3.92. The van der Waals surface area contributed by atoms with E-state index in [9.17, 15) is 0 Å². The predicted octanol–water partition coefficient (Wildman–Crippen LogP) is 2.23. The van der Waals surface area contributed by atoms with Gasteiger partial charge < -0.3 is 5.32 Å². The summed E-state index contributed by atoms with van der Waals surface area (Å²) in [6, 6.07) is 0. The minimum absolute atomic E-state index is 1.04. The summed E-state index contributed by atoms with van der Waals surface area (Å²) >= 11 is 0. The molecule has 0 radical (unpaired) electrons. The van der Waals surface area contributed by atoms with Crippen LogP contribution in [0.15, 0.2) is 12.4 Å². The number of aromatic nitrogens is 2. The molecular formula is C12H23N3. The SMILES string of the molecule is CCCn1cc(CCCCNCC)cn1. The van der Waals surface area contributed by atoms with E-state index in [2.05, 4.69) is 30.5 Å². The van der Waals surface area contributed by atoms with E-state index in [1.165, 1.54) is 18.4 Å². The average molecular weight is 209 g/mol. The summed E-state index contributed by atoms with van der Waals surface area (Å²) in [5, 5.41) is 7.66. The van der Waals surface area contributed by atoms with Gasteiger partial charge in [-0.05, 0) is 44.3 Å². The van der Waals surface area contributed by atoms with Gasteiger partial charge in [-0.1, -0.05) is 13.8 Å². The van der Waals surface area contributed by atoms with Gasteiger partial charge in [0.15, 0.2) is 0 Å². The molecule has 3 heteroatoms. The molecule has 1 N–H and O–H groups in total. The first-order valence-corrected chi connectivity index (χ1v) is 6.08. The van der Waals surface area contributed by atoms with Crippen molar-refractivity contribution in [2.24, 2.45) is 0 Å². The van der Waals surface area contributed by atoms with Crippen molar-refractivity contribution >= 4 is 0 Å². The quantitative estimate of drug-likeness (QED) is 0.665. The fourth-order valence-electron chi connectivity index (χ4n) is 1.64. The summed E-state index contributed by atoms with van der Waals surface area (Å²) in [5.74, 6) is 0. The summed E-state index contributed by atoms with van der Waals surface area (Å²) in [5.41, 5.74) is 1.37. The fraction of sp³-hybridized carbons (Fsp3) is 0.750. The molecule has 15 heavy (non-hydrogen) atoms. The molecule has 0 aliphatic heterocycles. The van der Waals surface area contributed by atoms with E-state index in [0.717, 1.165) is 32.5 Å². The van der Waals surface area contributed by atoms with Crippen LogP contribution in [-0.4, -0.2) is 22.9 Å². The Morgan fingerprint density at radius 2 is 2.20 bits per heavy atom. The molecule has 0 spiro atoms. The van der Waals surface area contributed by atoms with Crippen molar-refractivity contribution in [1.29, 1.82) is 0 Å². The molecule has 0 aliphatic carbocycles. The Labute approximate surface area is 92.9 Å². The van der Waals surface area contributed by atoms with Crippen LogP contribution in [-0.2, 0) is 13.0 Å². The lowest BCUT2D eigenvalue weighted by Gasteiger charge is -2.00. The maximum atomic E-state index is 4.32. The highest BCUT2D eigenvalue weighted by Crippen LogP contribution is 2.04. The largest absolute Gasteiger partial charge is 0.317 e. The van der Waals surface area contributed by atoms with Crippen LogP contribution in [0.4, 0.5) is 0 Å². The summed E-state index contributed by atoms with van der Waals surface area (Å²) in [4.78, 5) is 0. The van der Waals surface area contributed by atoms with Gasteiger partial charge in [-0.3, -0.25) is 4.68 Å². The second-order valence-electron chi connectivity index (χ2n) is 3.92. The number of nitrogens with one attached hydrogen (secondary N) is 1. The van der Waals surface area contributed by atoms with E-state index in [4.69, 9.17) is 0 Å². The molecule has 86 valence electrons. The molecule has 0 atom stereocenters. The Morgan fingerprint density at radius 3 is 2.93 bits per heavy atom. The predicted molar refractivity (Wildman–Crippen MR) is 64.0 cm³/mol. The van der Waals surface area contributed by atoms with E-state index in [1.54, 1.807) is 0 Å². The maximum absolute atomic E-state index is 4.32. The maximum Gasteiger partial charge on any atom is 0.0521 e. The van der Waals surface area contributed by atoms with Crippen molar-refractivity contribution in [3.8, 4) is 0 Å². The van der Waals surface area contributed by atoms with E-state index in [0.29, 0.717) is 0 Å². The van der Waals surface area contributed by atoms with Gasteiger partial charge in [-0.2, -0.15) is 5.10 Å². The van der Waals surface area contributed by atoms with Crippen LogP contribution >= 0.6 is 0 Å². The van der Waals surface area contributed by atoms with E-state index < -0.39 is 0 Å². The van der Waals surface area contributed by atoms with Gasteiger partial charge in [-0.15, -0.1) is 0 Å². The van der Waals surface area contributed by atoms with Gasteiger partial charge in [0, 0.05) is 12.7 Å². The Balaban J connectivity index is 2.14. The van der Waals surface area contributed by atoms with Crippen LogP contribution in [0, 0.1) is 0 Å². The summed E-state index contributed by atoms with van der Waals surface area (Å²) in [6.07, 6.45) is 9.01. The van der Waals surface area contributed by atoms with Crippen LogP contribution in [0.3, 0.4) is 0 Å². The first-order chi connectivity index (χ1) is 7.36. The second kappa shape index (κ2) is 7.46. The lowest BCUT2D eigenvalue weighted by Crippen LogP contribution is -2.13. The van der Waals surface area contributed by atoms with Crippen molar-refractivity contribution in [2.75, 3.05) is 13.1 Å². The molecule has 0 fully saturated rings. The molecule has 0 amide bonds. The molecule has 0 aliphatic rings. The average Bonchev–Trinajstić information content (AvgIpc) is 2.66. The van der Waals surface area contributed by atoms with Crippen LogP contribution in [0.1, 0.15) is 38.7 Å². The van der Waals surface area contributed by atoms with Gasteiger partial charge in [0.05, 0.1) is 6.20 Å². The standard InChI is InChI=1S/C12H23N3/c1-3-9-15-11-12(10-14-15)7-5-6-8-13-4-2/h10-11,13H,3-9H2,1-2H3. The highest BCUT2D eigenvalue weighted by atomic mass is 15.3. The number of rotatable bonds is 8. The van der Waals surface area contributed by atoms with Gasteiger partial charge in [0.2, 0.25) is 0 Å². The molecule has 0 saturated heterocycles. The van der Waals surface area contributed by atoms with Crippen LogP contribution in [0.25, 0.3) is 0 Å². The summed E-state index contributed by atoms with van der Waals surface area (Å²) in [6.45, 7) is 7.58. The highest BCUT2D eigenvalue weighted by Gasteiger charge is 1.97. The van der Waals surface area contributed by atoms with Crippen LogP contribution in [0.2, 0.25) is 0 Å². The van der Waals surface area contributed by atoms with Gasteiger partial charge in [0.25, 0.3) is 0 Å². The monoisotopic (exact) mass is 209 g/mol. The van der Waals surface area contributed by atoms with Gasteiger partial charge >= 0.3 is 0 Å². The van der Waals surface area contributed by atoms with E-state index >= 15 is 0 Å². The van der Waals surface area contributed by atoms with E-state index in [-0.39, 0.29) is 0 Å². The fourth-order valence-corrected chi connectivity index (χ4v) is 1.64. The number of aryl methyl sites for hydroxylation is 2. The van der Waals surface area contributed by atoms with Crippen molar-refractivity contribution in [2.45, 2.75) is 46.1 Å². The van der Waals surface area contributed by atoms with Crippen molar-refractivity contribution < 1.29 is 0 Å². The molecule has 1 aromatic heterocycles. The minimum Gasteiger partial charge on any atom is -0.317 e. The number of unbranched alkanes of at least 4 members (excludes halogenated alkanes) is 1. The molecule has 1 rings (SSSR count). The topological polar surface area (TPSA) is 29.9 Å². The zero-order chi connectivity index (χ0) is 10.9. The Morgan fingerprint density at radius 1 is 1.33 bits per heavy atom. The lowest BCUT2D eigenvalue weighted by molar-refractivity contribution is 0.601. The van der Waals surface area contributed by atoms with Crippen molar-refractivity contribution in [1.82, 2.24) is 15.1 Å².